The molecule has 0 aromatic carbocycles. The van der Waals surface area contributed by atoms with E-state index in [4.69, 9.17) is 10.8 Å². The van der Waals surface area contributed by atoms with Crippen LogP contribution in [0.25, 0.3) is 0 Å². The molecule has 116 valence electrons. The Morgan fingerprint density at radius 2 is 2.09 bits per heavy atom. The average molecular weight is 306 g/mol. The highest BCUT2D eigenvalue weighted by molar-refractivity contribution is 6.11. The van der Waals surface area contributed by atoms with Gasteiger partial charge in [0, 0.05) is 19.8 Å². The van der Waals surface area contributed by atoms with Gasteiger partial charge in [0.1, 0.15) is 0 Å². The highest BCUT2D eigenvalue weighted by Crippen LogP contribution is 2.16. The fourth-order valence-corrected chi connectivity index (χ4v) is 1.90. The van der Waals surface area contributed by atoms with Crippen LogP contribution in [0, 0.1) is 0 Å². The minimum atomic E-state index is -1.29. The van der Waals surface area contributed by atoms with Gasteiger partial charge in [0.15, 0.2) is 11.4 Å². The van der Waals surface area contributed by atoms with Gasteiger partial charge in [-0.1, -0.05) is 0 Å². The first kappa shape index (κ1) is 15.2. The van der Waals surface area contributed by atoms with Crippen LogP contribution in [0.2, 0.25) is 0 Å². The van der Waals surface area contributed by atoms with E-state index in [-0.39, 0.29) is 22.6 Å². The molecular formula is C12H14N6O4. The Balaban J connectivity index is 2.36. The zero-order valence-corrected chi connectivity index (χ0v) is 11.9. The fourth-order valence-electron chi connectivity index (χ4n) is 1.90. The molecule has 0 aliphatic heterocycles. The maximum atomic E-state index is 12.2. The number of carboxylic acid groups (broad SMARTS) is 1. The van der Waals surface area contributed by atoms with Crippen molar-refractivity contribution in [1.29, 1.82) is 0 Å². The Kier molecular flexibility index (Phi) is 3.93. The van der Waals surface area contributed by atoms with Crippen LogP contribution in [0.4, 0.5) is 5.69 Å². The second-order valence-corrected chi connectivity index (χ2v) is 4.40. The van der Waals surface area contributed by atoms with Gasteiger partial charge in [0.25, 0.3) is 11.8 Å². The normalized spacial score (nSPS) is 10.5. The van der Waals surface area contributed by atoms with E-state index >= 15 is 0 Å². The van der Waals surface area contributed by atoms with Crippen molar-refractivity contribution in [2.45, 2.75) is 13.5 Å². The minimum Gasteiger partial charge on any atom is -0.477 e. The van der Waals surface area contributed by atoms with E-state index in [9.17, 15) is 14.4 Å². The SMILES string of the molecule is CCn1cc(NC(=O)c2cnn(C)c2C(=O)O)c(C(N)=O)n1. The van der Waals surface area contributed by atoms with E-state index in [1.807, 2.05) is 0 Å². The number of primary amides is 1. The number of nitrogens with zero attached hydrogens (tertiary/aromatic N) is 4. The van der Waals surface area contributed by atoms with Gasteiger partial charge in [-0.15, -0.1) is 0 Å². The topological polar surface area (TPSA) is 145 Å². The van der Waals surface area contributed by atoms with E-state index in [0.717, 1.165) is 10.9 Å². The first-order valence-corrected chi connectivity index (χ1v) is 6.29. The van der Waals surface area contributed by atoms with Crippen LogP contribution in [0.3, 0.4) is 0 Å². The molecule has 0 saturated heterocycles. The standard InChI is InChI=1S/C12H14N6O4/c1-3-18-5-7(8(16-18)10(13)19)15-11(20)6-4-14-17(2)9(6)12(21)22/h4-5H,3H2,1-2H3,(H2,13,19)(H,15,20)(H,21,22). The van der Waals surface area contributed by atoms with Crippen molar-refractivity contribution in [2.75, 3.05) is 5.32 Å². The zero-order chi connectivity index (χ0) is 16.4. The van der Waals surface area contributed by atoms with Gasteiger partial charge in [-0.2, -0.15) is 10.2 Å². The average Bonchev–Trinajstić information content (AvgIpc) is 3.02. The Morgan fingerprint density at radius 1 is 1.41 bits per heavy atom. The van der Waals surface area contributed by atoms with Gasteiger partial charge in [-0.05, 0) is 6.92 Å². The molecule has 2 amide bonds. The maximum Gasteiger partial charge on any atom is 0.354 e. The molecule has 2 rings (SSSR count). The van der Waals surface area contributed by atoms with Gasteiger partial charge in [-0.3, -0.25) is 19.0 Å². The van der Waals surface area contributed by atoms with Crippen molar-refractivity contribution in [3.8, 4) is 0 Å². The maximum absolute atomic E-state index is 12.2. The van der Waals surface area contributed by atoms with Crippen LogP contribution in [0.15, 0.2) is 12.4 Å². The van der Waals surface area contributed by atoms with Crippen molar-refractivity contribution < 1.29 is 19.5 Å². The van der Waals surface area contributed by atoms with Gasteiger partial charge in [0.05, 0.1) is 17.4 Å². The second kappa shape index (κ2) is 5.68. The van der Waals surface area contributed by atoms with E-state index in [1.54, 1.807) is 6.92 Å². The van der Waals surface area contributed by atoms with E-state index in [0.29, 0.717) is 6.54 Å². The number of aromatic carboxylic acids is 1. The molecule has 0 aliphatic rings. The van der Waals surface area contributed by atoms with Crippen molar-refractivity contribution in [3.63, 3.8) is 0 Å². The fraction of sp³-hybridized carbons (Fsp3) is 0.250. The Hall–Kier alpha value is -3.17. The lowest BCUT2D eigenvalue weighted by atomic mass is 10.2. The highest BCUT2D eigenvalue weighted by atomic mass is 16.4. The van der Waals surface area contributed by atoms with Crippen LogP contribution < -0.4 is 11.1 Å². The molecule has 0 fully saturated rings. The molecule has 0 bridgehead atoms. The molecule has 22 heavy (non-hydrogen) atoms. The first-order chi connectivity index (χ1) is 10.3. The van der Waals surface area contributed by atoms with E-state index < -0.39 is 17.8 Å². The molecule has 0 unspecified atom stereocenters. The number of carboxylic acids is 1. The molecule has 10 heteroatoms. The quantitative estimate of drug-likeness (QED) is 0.690. The summed E-state index contributed by atoms with van der Waals surface area (Å²) in [5, 5.41) is 19.2. The lowest BCUT2D eigenvalue weighted by Gasteiger charge is -2.03. The predicted octanol–water partition coefficient (Wildman–Crippen LogP) is -0.314. The number of hydrogen-bond acceptors (Lipinski definition) is 5. The lowest BCUT2D eigenvalue weighted by Crippen LogP contribution is -2.20. The van der Waals surface area contributed by atoms with Crippen LogP contribution in [0.1, 0.15) is 38.3 Å². The van der Waals surface area contributed by atoms with Gasteiger partial charge >= 0.3 is 5.97 Å². The lowest BCUT2D eigenvalue weighted by molar-refractivity contribution is 0.0680. The molecule has 0 aliphatic carbocycles. The van der Waals surface area contributed by atoms with Crippen molar-refractivity contribution in [2.24, 2.45) is 12.8 Å². The second-order valence-electron chi connectivity index (χ2n) is 4.40. The number of aryl methyl sites for hydroxylation is 2. The molecular weight excluding hydrogens is 292 g/mol. The highest BCUT2D eigenvalue weighted by Gasteiger charge is 2.23. The van der Waals surface area contributed by atoms with Crippen molar-refractivity contribution in [3.05, 3.63) is 29.3 Å². The number of hydrogen-bond donors (Lipinski definition) is 3. The molecule has 2 heterocycles. The zero-order valence-electron chi connectivity index (χ0n) is 11.9. The largest absolute Gasteiger partial charge is 0.477 e. The molecule has 2 aromatic rings. The number of nitrogens with one attached hydrogen (secondary N) is 1. The number of rotatable bonds is 5. The summed E-state index contributed by atoms with van der Waals surface area (Å²) < 4.78 is 2.50. The predicted molar refractivity (Wildman–Crippen MR) is 74.5 cm³/mol. The number of amides is 2. The van der Waals surface area contributed by atoms with Crippen molar-refractivity contribution in [1.82, 2.24) is 19.6 Å². The monoisotopic (exact) mass is 306 g/mol. The molecule has 0 atom stereocenters. The number of carbonyl (C=O) groups excluding carboxylic acids is 2. The Labute approximate surface area is 124 Å². The summed E-state index contributed by atoms with van der Waals surface area (Å²) >= 11 is 0. The molecule has 0 saturated carbocycles. The molecule has 4 N–H and O–H groups in total. The summed E-state index contributed by atoms with van der Waals surface area (Å²) in [5.41, 5.74) is 4.82. The molecule has 10 nitrogen and oxygen atoms in total. The van der Waals surface area contributed by atoms with Gasteiger partial charge in [-0.25, -0.2) is 4.79 Å². The summed E-state index contributed by atoms with van der Waals surface area (Å²) in [4.78, 5) is 34.7. The first-order valence-electron chi connectivity index (χ1n) is 6.29. The third kappa shape index (κ3) is 2.66. The Morgan fingerprint density at radius 3 is 2.64 bits per heavy atom. The molecule has 0 radical (unpaired) electrons. The van der Waals surface area contributed by atoms with Gasteiger partial charge in [0.2, 0.25) is 0 Å². The number of nitrogens with two attached hydrogens (primary N) is 1. The smallest absolute Gasteiger partial charge is 0.354 e. The third-order valence-electron chi connectivity index (χ3n) is 2.95. The minimum absolute atomic E-state index is 0.101. The number of carbonyl (C=O) groups is 3. The summed E-state index contributed by atoms with van der Waals surface area (Å²) in [6.07, 6.45) is 2.57. The number of aromatic nitrogens is 4. The summed E-state index contributed by atoms with van der Waals surface area (Å²) in [5.74, 6) is -2.81. The van der Waals surface area contributed by atoms with Crippen LogP contribution in [-0.2, 0) is 13.6 Å². The summed E-state index contributed by atoms with van der Waals surface area (Å²) in [7, 11) is 1.41. The third-order valence-corrected chi connectivity index (χ3v) is 2.95. The van der Waals surface area contributed by atoms with E-state index in [2.05, 4.69) is 15.5 Å². The molecule has 0 spiro atoms. The molecule has 2 aromatic heterocycles. The van der Waals surface area contributed by atoms with Crippen LogP contribution in [0.5, 0.6) is 0 Å². The number of anilines is 1. The van der Waals surface area contributed by atoms with Crippen LogP contribution in [-0.4, -0.2) is 42.5 Å². The summed E-state index contributed by atoms with van der Waals surface area (Å²) in [6.45, 7) is 2.27. The van der Waals surface area contributed by atoms with E-state index in [1.165, 1.54) is 17.9 Å². The van der Waals surface area contributed by atoms with Crippen LogP contribution >= 0.6 is 0 Å². The van der Waals surface area contributed by atoms with Crippen molar-refractivity contribution >= 4 is 23.5 Å². The Bertz CT molecular complexity index is 760. The van der Waals surface area contributed by atoms with Gasteiger partial charge < -0.3 is 16.2 Å². The summed E-state index contributed by atoms with van der Waals surface area (Å²) in [6, 6.07) is 0.